The zero-order chi connectivity index (χ0) is 18.0. The van der Waals surface area contributed by atoms with Crippen molar-refractivity contribution in [3.05, 3.63) is 59.7 Å². The van der Waals surface area contributed by atoms with E-state index in [1.165, 1.54) is 19.2 Å². The van der Waals surface area contributed by atoms with Crippen molar-refractivity contribution in [2.75, 3.05) is 12.4 Å². The van der Waals surface area contributed by atoms with Crippen LogP contribution in [0.1, 0.15) is 16.2 Å². The van der Waals surface area contributed by atoms with Crippen LogP contribution in [0.2, 0.25) is 0 Å². The Morgan fingerprint density at radius 1 is 1.20 bits per heavy atom. The molecular formula is C18H17FN4O2. The molecule has 0 spiro atoms. The summed E-state index contributed by atoms with van der Waals surface area (Å²) in [4.78, 5) is 12.4. The van der Waals surface area contributed by atoms with Gasteiger partial charge in [0.2, 0.25) is 0 Å². The summed E-state index contributed by atoms with van der Waals surface area (Å²) in [5.74, 6) is 0.241. The van der Waals surface area contributed by atoms with Gasteiger partial charge in [-0.1, -0.05) is 18.2 Å². The third-order valence-corrected chi connectivity index (χ3v) is 3.90. The monoisotopic (exact) mass is 340 g/mol. The predicted octanol–water partition coefficient (Wildman–Crippen LogP) is 3.19. The molecule has 2 aromatic carbocycles. The van der Waals surface area contributed by atoms with Gasteiger partial charge in [0, 0.05) is 18.3 Å². The molecule has 6 nitrogen and oxygen atoms in total. The summed E-state index contributed by atoms with van der Waals surface area (Å²) in [5.41, 5.74) is 1.25. The third kappa shape index (κ3) is 3.21. The highest BCUT2D eigenvalue weighted by molar-refractivity contribution is 6.05. The normalized spacial score (nSPS) is 10.6. The van der Waals surface area contributed by atoms with Crippen LogP contribution in [0.25, 0.3) is 11.4 Å². The average Bonchev–Trinajstić information content (AvgIpc) is 2.94. The number of hydrogen-bond donors (Lipinski definition) is 1. The minimum absolute atomic E-state index is 0.0240. The minimum Gasteiger partial charge on any atom is -0.494 e. The molecule has 0 fully saturated rings. The Morgan fingerprint density at radius 3 is 2.64 bits per heavy atom. The molecule has 0 bridgehead atoms. The van der Waals surface area contributed by atoms with Crippen molar-refractivity contribution in [1.82, 2.24) is 14.8 Å². The summed E-state index contributed by atoms with van der Waals surface area (Å²) < 4.78 is 21.0. The van der Waals surface area contributed by atoms with Crippen molar-refractivity contribution in [3.63, 3.8) is 0 Å². The van der Waals surface area contributed by atoms with Crippen molar-refractivity contribution in [2.45, 2.75) is 6.92 Å². The van der Waals surface area contributed by atoms with E-state index in [-0.39, 0.29) is 11.3 Å². The summed E-state index contributed by atoms with van der Waals surface area (Å²) >= 11 is 0. The van der Waals surface area contributed by atoms with Gasteiger partial charge in [0.1, 0.15) is 5.82 Å². The fourth-order valence-electron chi connectivity index (χ4n) is 2.44. The van der Waals surface area contributed by atoms with Crippen LogP contribution in [0, 0.1) is 12.7 Å². The Balaban J connectivity index is 1.88. The number of rotatable bonds is 4. The molecule has 1 aromatic heterocycles. The SMILES string of the molecule is COc1cccc(C(=O)Nc2cccc(-c3nnc(C)n3C)c2)c1F. The molecule has 7 heteroatoms. The maximum absolute atomic E-state index is 14.2. The number of nitrogens with one attached hydrogen (secondary N) is 1. The lowest BCUT2D eigenvalue weighted by atomic mass is 10.1. The summed E-state index contributed by atoms with van der Waals surface area (Å²) in [6, 6.07) is 11.6. The molecule has 1 heterocycles. The van der Waals surface area contributed by atoms with Crippen molar-refractivity contribution >= 4 is 11.6 Å². The summed E-state index contributed by atoms with van der Waals surface area (Å²) in [6.45, 7) is 1.85. The van der Waals surface area contributed by atoms with Gasteiger partial charge in [-0.3, -0.25) is 4.79 Å². The highest BCUT2D eigenvalue weighted by Gasteiger charge is 2.16. The third-order valence-electron chi connectivity index (χ3n) is 3.90. The number of halogens is 1. The van der Waals surface area contributed by atoms with Crippen LogP contribution in [0.15, 0.2) is 42.5 Å². The minimum atomic E-state index is -0.692. The first kappa shape index (κ1) is 16.6. The van der Waals surface area contributed by atoms with E-state index in [0.717, 1.165) is 11.4 Å². The molecule has 3 aromatic rings. The lowest BCUT2D eigenvalue weighted by Crippen LogP contribution is -2.14. The highest BCUT2D eigenvalue weighted by Crippen LogP contribution is 2.23. The largest absolute Gasteiger partial charge is 0.494 e. The molecule has 3 rings (SSSR count). The molecule has 1 N–H and O–H groups in total. The molecule has 0 aliphatic carbocycles. The smallest absolute Gasteiger partial charge is 0.258 e. The van der Waals surface area contributed by atoms with Crippen LogP contribution in [0.3, 0.4) is 0 Å². The zero-order valence-electron chi connectivity index (χ0n) is 14.1. The van der Waals surface area contributed by atoms with Crippen molar-refractivity contribution in [1.29, 1.82) is 0 Å². The van der Waals surface area contributed by atoms with E-state index >= 15 is 0 Å². The second kappa shape index (κ2) is 6.72. The molecule has 0 radical (unpaired) electrons. The van der Waals surface area contributed by atoms with Crippen molar-refractivity contribution in [2.24, 2.45) is 7.05 Å². The Morgan fingerprint density at radius 2 is 1.96 bits per heavy atom. The van der Waals surface area contributed by atoms with Gasteiger partial charge < -0.3 is 14.6 Å². The molecule has 0 aliphatic heterocycles. The van der Waals surface area contributed by atoms with Crippen molar-refractivity contribution < 1.29 is 13.9 Å². The van der Waals surface area contributed by atoms with E-state index in [2.05, 4.69) is 15.5 Å². The van der Waals surface area contributed by atoms with Crippen LogP contribution >= 0.6 is 0 Å². The molecule has 25 heavy (non-hydrogen) atoms. The second-order valence-corrected chi connectivity index (χ2v) is 5.49. The van der Waals surface area contributed by atoms with E-state index in [1.54, 1.807) is 24.3 Å². The fourth-order valence-corrected chi connectivity index (χ4v) is 2.44. The first-order chi connectivity index (χ1) is 12.0. The topological polar surface area (TPSA) is 69.0 Å². The number of aryl methyl sites for hydroxylation is 1. The molecule has 0 saturated heterocycles. The molecule has 128 valence electrons. The number of amides is 1. The molecule has 0 unspecified atom stereocenters. The predicted molar refractivity (Wildman–Crippen MR) is 92.1 cm³/mol. The van der Waals surface area contributed by atoms with Gasteiger partial charge in [0.25, 0.3) is 5.91 Å². The summed E-state index contributed by atoms with van der Waals surface area (Å²) in [5, 5.41) is 10.8. The Labute approximate surface area is 144 Å². The number of aromatic nitrogens is 3. The number of nitrogens with zero attached hydrogens (tertiary/aromatic N) is 3. The van der Waals surface area contributed by atoms with Gasteiger partial charge in [-0.2, -0.15) is 0 Å². The highest BCUT2D eigenvalue weighted by atomic mass is 19.1. The van der Waals surface area contributed by atoms with Crippen LogP contribution in [-0.2, 0) is 7.05 Å². The van der Waals surface area contributed by atoms with E-state index in [1.807, 2.05) is 24.6 Å². The molecule has 1 amide bonds. The Bertz CT molecular complexity index is 937. The average molecular weight is 340 g/mol. The zero-order valence-corrected chi connectivity index (χ0v) is 14.1. The lowest BCUT2D eigenvalue weighted by molar-refractivity contribution is 0.102. The molecule has 0 saturated carbocycles. The van der Waals surface area contributed by atoms with Gasteiger partial charge in [0.15, 0.2) is 17.4 Å². The van der Waals surface area contributed by atoms with Crippen LogP contribution in [0.4, 0.5) is 10.1 Å². The number of carbonyl (C=O) groups excluding carboxylic acids is 1. The second-order valence-electron chi connectivity index (χ2n) is 5.49. The quantitative estimate of drug-likeness (QED) is 0.792. The van der Waals surface area contributed by atoms with E-state index in [9.17, 15) is 9.18 Å². The number of methoxy groups -OCH3 is 1. The number of anilines is 1. The van der Waals surface area contributed by atoms with Crippen molar-refractivity contribution in [3.8, 4) is 17.1 Å². The number of benzene rings is 2. The Hall–Kier alpha value is -3.22. The van der Waals surface area contributed by atoms with Gasteiger partial charge in [0.05, 0.1) is 12.7 Å². The maximum Gasteiger partial charge on any atom is 0.258 e. The van der Waals surface area contributed by atoms with Gasteiger partial charge >= 0.3 is 0 Å². The number of hydrogen-bond acceptors (Lipinski definition) is 4. The summed E-state index contributed by atoms with van der Waals surface area (Å²) in [7, 11) is 3.22. The first-order valence-electron chi connectivity index (χ1n) is 7.61. The van der Waals surface area contributed by atoms with Crippen LogP contribution < -0.4 is 10.1 Å². The van der Waals surface area contributed by atoms with E-state index < -0.39 is 11.7 Å². The van der Waals surface area contributed by atoms with Crippen LogP contribution in [-0.4, -0.2) is 27.8 Å². The van der Waals surface area contributed by atoms with Crippen LogP contribution in [0.5, 0.6) is 5.75 Å². The van der Waals surface area contributed by atoms with E-state index in [4.69, 9.17) is 4.74 Å². The fraction of sp³-hybridized carbons (Fsp3) is 0.167. The molecule has 0 atom stereocenters. The number of ether oxygens (including phenoxy) is 1. The molecule has 0 aliphatic rings. The summed E-state index contributed by atoms with van der Waals surface area (Å²) in [6.07, 6.45) is 0. The standard InChI is InChI=1S/C18H17FN4O2/c1-11-21-22-17(23(11)2)12-6-4-7-13(10-12)20-18(24)14-8-5-9-15(25-3)16(14)19/h4-10H,1-3H3,(H,20,24). The van der Waals surface area contributed by atoms with Gasteiger partial charge in [-0.05, 0) is 31.2 Å². The van der Waals surface area contributed by atoms with Gasteiger partial charge in [-0.15, -0.1) is 10.2 Å². The van der Waals surface area contributed by atoms with E-state index in [0.29, 0.717) is 11.5 Å². The van der Waals surface area contributed by atoms with Gasteiger partial charge in [-0.25, -0.2) is 4.39 Å². The Kier molecular flexibility index (Phi) is 4.47. The number of carbonyl (C=O) groups is 1. The molecular weight excluding hydrogens is 323 g/mol. The lowest BCUT2D eigenvalue weighted by Gasteiger charge is -2.09. The maximum atomic E-state index is 14.2. The first-order valence-corrected chi connectivity index (χ1v) is 7.61.